The topological polar surface area (TPSA) is 46.2 Å². The molecule has 6 heteroatoms. The second kappa shape index (κ2) is 5.95. The maximum absolute atomic E-state index is 11.8. The van der Waals surface area contributed by atoms with Crippen molar-refractivity contribution < 1.29 is 8.42 Å². The van der Waals surface area contributed by atoms with Gasteiger partial charge in [0.1, 0.15) is 0 Å². The highest BCUT2D eigenvalue weighted by molar-refractivity contribution is 9.11. The summed E-state index contributed by atoms with van der Waals surface area (Å²) in [6.07, 6.45) is 2.27. The second-order valence-corrected chi connectivity index (χ2v) is 6.56. The highest BCUT2D eigenvalue weighted by Crippen LogP contribution is 2.25. The van der Waals surface area contributed by atoms with Crippen molar-refractivity contribution in [2.45, 2.75) is 11.3 Å². The molecule has 1 aromatic carbocycles. The number of sulfonamides is 1. The second-order valence-electron chi connectivity index (χ2n) is 3.05. The van der Waals surface area contributed by atoms with Crippen LogP contribution in [0.15, 0.2) is 44.7 Å². The normalized spacial score (nSPS) is 11.4. The van der Waals surface area contributed by atoms with Crippen LogP contribution in [-0.4, -0.2) is 15.0 Å². The Morgan fingerprint density at radius 1 is 1.38 bits per heavy atom. The predicted molar refractivity (Wildman–Crippen MR) is 71.8 cm³/mol. The highest BCUT2D eigenvalue weighted by Gasteiger charge is 2.16. The summed E-state index contributed by atoms with van der Waals surface area (Å²) >= 11 is 6.49. The third-order valence-electron chi connectivity index (χ3n) is 1.82. The molecule has 0 saturated carbocycles. The molecular formula is C10H11Br2NO2S. The molecule has 0 aliphatic heterocycles. The van der Waals surface area contributed by atoms with Gasteiger partial charge in [-0.2, -0.15) is 0 Å². The maximum Gasteiger partial charge on any atom is 0.241 e. The van der Waals surface area contributed by atoms with Crippen LogP contribution in [0.2, 0.25) is 0 Å². The van der Waals surface area contributed by atoms with E-state index in [-0.39, 0.29) is 4.90 Å². The van der Waals surface area contributed by atoms with Gasteiger partial charge >= 0.3 is 0 Å². The molecule has 0 aliphatic rings. The van der Waals surface area contributed by atoms with Crippen molar-refractivity contribution in [1.82, 2.24) is 4.72 Å². The van der Waals surface area contributed by atoms with Gasteiger partial charge in [0, 0.05) is 15.5 Å². The van der Waals surface area contributed by atoms with Crippen molar-refractivity contribution in [2.24, 2.45) is 0 Å². The van der Waals surface area contributed by atoms with Gasteiger partial charge in [0.05, 0.1) is 4.90 Å². The van der Waals surface area contributed by atoms with Gasteiger partial charge < -0.3 is 0 Å². The van der Waals surface area contributed by atoms with Gasteiger partial charge in [-0.15, -0.1) is 6.58 Å². The first kappa shape index (κ1) is 13.9. The smallest absolute Gasteiger partial charge is 0.211 e. The van der Waals surface area contributed by atoms with Gasteiger partial charge in [-0.25, -0.2) is 13.1 Å². The van der Waals surface area contributed by atoms with E-state index in [2.05, 4.69) is 43.2 Å². The summed E-state index contributed by atoms with van der Waals surface area (Å²) in [4.78, 5) is 0.236. The third kappa shape index (κ3) is 3.69. The van der Waals surface area contributed by atoms with Crippen LogP contribution in [0, 0.1) is 0 Å². The summed E-state index contributed by atoms with van der Waals surface area (Å²) in [5.74, 6) is 0. The predicted octanol–water partition coefficient (Wildman–Crippen LogP) is 3.07. The maximum atomic E-state index is 11.8. The fourth-order valence-electron chi connectivity index (χ4n) is 1.07. The molecular weight excluding hydrogens is 358 g/mol. The lowest BCUT2D eigenvalue weighted by atomic mass is 10.4. The summed E-state index contributed by atoms with van der Waals surface area (Å²) in [5, 5.41) is 0. The number of benzene rings is 1. The van der Waals surface area contributed by atoms with E-state index in [4.69, 9.17) is 0 Å². The lowest BCUT2D eigenvalue weighted by molar-refractivity contribution is 0.581. The van der Waals surface area contributed by atoms with Crippen molar-refractivity contribution in [3.63, 3.8) is 0 Å². The van der Waals surface area contributed by atoms with Crippen LogP contribution >= 0.6 is 31.9 Å². The van der Waals surface area contributed by atoms with Crippen LogP contribution in [0.5, 0.6) is 0 Å². The monoisotopic (exact) mass is 367 g/mol. The molecule has 1 N–H and O–H groups in total. The summed E-state index contributed by atoms with van der Waals surface area (Å²) < 4.78 is 27.5. The van der Waals surface area contributed by atoms with Gasteiger partial charge in [0.15, 0.2) is 0 Å². The van der Waals surface area contributed by atoms with Crippen molar-refractivity contribution in [1.29, 1.82) is 0 Å². The fourth-order valence-corrected chi connectivity index (χ4v) is 3.86. The molecule has 0 bridgehead atoms. The quantitative estimate of drug-likeness (QED) is 0.641. The first-order valence-electron chi connectivity index (χ1n) is 4.53. The summed E-state index contributed by atoms with van der Waals surface area (Å²) in [6.45, 7) is 3.89. The highest BCUT2D eigenvalue weighted by atomic mass is 79.9. The molecule has 0 spiro atoms. The number of nitrogens with one attached hydrogen (secondary N) is 1. The van der Waals surface area contributed by atoms with E-state index in [0.717, 1.165) is 4.47 Å². The molecule has 3 nitrogen and oxygen atoms in total. The van der Waals surface area contributed by atoms with E-state index in [1.54, 1.807) is 24.3 Å². The van der Waals surface area contributed by atoms with Crippen molar-refractivity contribution in [3.8, 4) is 0 Å². The Kier molecular flexibility index (Phi) is 5.17. The fraction of sp³-hybridized carbons (Fsp3) is 0.200. The molecule has 0 heterocycles. The third-order valence-corrected chi connectivity index (χ3v) is 4.75. The Labute approximate surface area is 112 Å². The molecule has 0 fully saturated rings. The van der Waals surface area contributed by atoms with E-state index < -0.39 is 10.0 Å². The van der Waals surface area contributed by atoms with Gasteiger partial charge in [-0.1, -0.05) is 22.0 Å². The van der Waals surface area contributed by atoms with E-state index in [9.17, 15) is 8.42 Å². The zero-order chi connectivity index (χ0) is 12.2. The Morgan fingerprint density at radius 3 is 2.62 bits per heavy atom. The molecule has 88 valence electrons. The average Bonchev–Trinajstić information content (AvgIpc) is 2.17. The number of hydrogen-bond donors (Lipinski definition) is 1. The molecule has 0 amide bonds. The minimum Gasteiger partial charge on any atom is -0.211 e. The Hall–Kier alpha value is -0.170. The molecule has 0 saturated heterocycles. The lowest BCUT2D eigenvalue weighted by Gasteiger charge is -2.07. The molecule has 0 aliphatic carbocycles. The minimum atomic E-state index is -3.45. The largest absolute Gasteiger partial charge is 0.241 e. The lowest BCUT2D eigenvalue weighted by Crippen LogP contribution is -2.24. The Morgan fingerprint density at radius 2 is 2.06 bits per heavy atom. The molecule has 0 radical (unpaired) electrons. The Balaban J connectivity index is 2.94. The number of hydrogen-bond acceptors (Lipinski definition) is 2. The average molecular weight is 369 g/mol. The number of halogens is 2. The standard InChI is InChI=1S/C10H11Br2NO2S/c1-2-3-6-13-16(14,15)10-5-4-8(11)7-9(10)12/h2,4-5,7,13H,1,3,6H2. The van der Waals surface area contributed by atoms with Crippen LogP contribution in [-0.2, 0) is 10.0 Å². The van der Waals surface area contributed by atoms with E-state index in [1.807, 2.05) is 0 Å². The molecule has 0 unspecified atom stereocenters. The van der Waals surface area contributed by atoms with E-state index in [0.29, 0.717) is 17.4 Å². The summed E-state index contributed by atoms with van der Waals surface area (Å²) in [7, 11) is -3.45. The Bertz CT molecular complexity index is 486. The van der Waals surface area contributed by atoms with Crippen molar-refractivity contribution in [3.05, 3.63) is 39.8 Å². The number of rotatable bonds is 5. The summed E-state index contributed by atoms with van der Waals surface area (Å²) in [5.41, 5.74) is 0. The molecule has 0 atom stereocenters. The molecule has 16 heavy (non-hydrogen) atoms. The van der Waals surface area contributed by atoms with E-state index >= 15 is 0 Å². The first-order valence-corrected chi connectivity index (χ1v) is 7.60. The zero-order valence-electron chi connectivity index (χ0n) is 8.41. The van der Waals surface area contributed by atoms with Crippen LogP contribution in [0.25, 0.3) is 0 Å². The van der Waals surface area contributed by atoms with Crippen LogP contribution in [0.1, 0.15) is 6.42 Å². The first-order chi connectivity index (χ1) is 7.47. The SMILES string of the molecule is C=CCCNS(=O)(=O)c1ccc(Br)cc1Br. The van der Waals surface area contributed by atoms with Gasteiger partial charge in [0.25, 0.3) is 0 Å². The molecule has 0 aromatic heterocycles. The van der Waals surface area contributed by atoms with Crippen LogP contribution in [0.3, 0.4) is 0 Å². The van der Waals surface area contributed by atoms with Gasteiger partial charge in [0.2, 0.25) is 10.0 Å². The van der Waals surface area contributed by atoms with Crippen LogP contribution < -0.4 is 4.72 Å². The summed E-state index contributed by atoms with van der Waals surface area (Å²) in [6, 6.07) is 4.93. The molecule has 1 aromatic rings. The molecule has 1 rings (SSSR count). The minimum absolute atomic E-state index is 0.236. The van der Waals surface area contributed by atoms with Crippen molar-refractivity contribution >= 4 is 41.9 Å². The zero-order valence-corrected chi connectivity index (χ0v) is 12.4. The van der Waals surface area contributed by atoms with Crippen molar-refractivity contribution in [2.75, 3.05) is 6.54 Å². The van der Waals surface area contributed by atoms with Gasteiger partial charge in [-0.05, 0) is 40.5 Å². The van der Waals surface area contributed by atoms with Crippen LogP contribution in [0.4, 0.5) is 0 Å². The van der Waals surface area contributed by atoms with E-state index in [1.165, 1.54) is 0 Å². The van der Waals surface area contributed by atoms with Gasteiger partial charge in [-0.3, -0.25) is 0 Å².